The minimum absolute atomic E-state index is 0.154. The predicted molar refractivity (Wildman–Crippen MR) is 90.5 cm³/mol. The molecule has 0 unspecified atom stereocenters. The van der Waals surface area contributed by atoms with Gasteiger partial charge in [0.1, 0.15) is 11.6 Å². The summed E-state index contributed by atoms with van der Waals surface area (Å²) in [5.74, 6) is -0.0782. The van der Waals surface area contributed by atoms with Gasteiger partial charge in [-0.2, -0.15) is 5.26 Å². The van der Waals surface area contributed by atoms with Crippen LogP contribution in [0.3, 0.4) is 0 Å². The molecule has 0 aliphatic rings. The average Bonchev–Trinajstić information content (AvgIpc) is 2.57. The molecule has 124 valence electrons. The highest BCUT2D eigenvalue weighted by Gasteiger charge is 2.05. The number of nitrogens with one attached hydrogen (secondary N) is 2. The maximum atomic E-state index is 13.5. The maximum Gasteiger partial charge on any atom is 0.221 e. The predicted octanol–water partition coefficient (Wildman–Crippen LogP) is 3.54. The Hall–Kier alpha value is -3.07. The Morgan fingerprint density at radius 1 is 1.25 bits per heavy atom. The zero-order valence-corrected chi connectivity index (χ0v) is 13.3. The normalized spacial score (nSPS) is 9.88. The van der Waals surface area contributed by atoms with Crippen LogP contribution in [0.2, 0.25) is 0 Å². The first kappa shape index (κ1) is 17.3. The summed E-state index contributed by atoms with van der Waals surface area (Å²) in [6.45, 7) is 2.49. The third-order valence-electron chi connectivity index (χ3n) is 3.18. The highest BCUT2D eigenvalue weighted by atomic mass is 19.1. The monoisotopic (exact) mass is 327 g/mol. The van der Waals surface area contributed by atoms with Gasteiger partial charge in [0.25, 0.3) is 0 Å². The molecular formula is C18H18FN3O2. The lowest BCUT2D eigenvalue weighted by atomic mass is 10.2. The molecule has 0 spiro atoms. The molecule has 2 aromatic carbocycles. The number of nitriles is 1. The maximum absolute atomic E-state index is 13.5. The Bertz CT molecular complexity index is 739. The molecule has 1 amide bonds. The topological polar surface area (TPSA) is 74.2 Å². The highest BCUT2D eigenvalue weighted by molar-refractivity contribution is 5.89. The zero-order chi connectivity index (χ0) is 17.4. The van der Waals surface area contributed by atoms with E-state index in [0.29, 0.717) is 24.5 Å². The van der Waals surface area contributed by atoms with E-state index >= 15 is 0 Å². The van der Waals surface area contributed by atoms with Crippen molar-refractivity contribution >= 4 is 17.3 Å². The fourth-order valence-electron chi connectivity index (χ4n) is 2.04. The van der Waals surface area contributed by atoms with Crippen molar-refractivity contribution < 1.29 is 13.9 Å². The molecule has 24 heavy (non-hydrogen) atoms. The lowest BCUT2D eigenvalue weighted by Crippen LogP contribution is -2.10. The van der Waals surface area contributed by atoms with Crippen LogP contribution in [-0.2, 0) is 4.79 Å². The van der Waals surface area contributed by atoms with Gasteiger partial charge in [-0.3, -0.25) is 4.79 Å². The second kappa shape index (κ2) is 8.53. The molecule has 0 bridgehead atoms. The quantitative estimate of drug-likeness (QED) is 0.763. The minimum Gasteiger partial charge on any atom is -0.494 e. The summed E-state index contributed by atoms with van der Waals surface area (Å²) in [6.07, 6.45) is 0.743. The van der Waals surface area contributed by atoms with E-state index in [-0.39, 0.29) is 11.6 Å². The fourth-order valence-corrected chi connectivity index (χ4v) is 2.04. The minimum atomic E-state index is -0.472. The molecule has 2 rings (SSSR count). The van der Waals surface area contributed by atoms with Gasteiger partial charge in [0.05, 0.1) is 23.9 Å². The molecule has 6 heteroatoms. The molecule has 0 atom stereocenters. The number of carbonyl (C=O) groups excluding carboxylic acids is 1. The van der Waals surface area contributed by atoms with E-state index in [4.69, 9.17) is 10.00 Å². The summed E-state index contributed by atoms with van der Waals surface area (Å²) in [5.41, 5.74) is 1.47. The molecule has 0 saturated heterocycles. The largest absolute Gasteiger partial charge is 0.494 e. The van der Waals surface area contributed by atoms with Crippen LogP contribution < -0.4 is 15.4 Å². The lowest BCUT2D eigenvalue weighted by molar-refractivity contribution is -0.114. The van der Waals surface area contributed by atoms with Gasteiger partial charge in [-0.25, -0.2) is 4.39 Å². The SMILES string of the molecule is CC(=O)Nc1cc(NCCCOc2ccc(C#N)cc2)ccc1F. The second-order valence-corrected chi connectivity index (χ2v) is 5.14. The number of carbonyl (C=O) groups is 1. The molecule has 0 aliphatic carbocycles. The zero-order valence-electron chi connectivity index (χ0n) is 13.3. The van der Waals surface area contributed by atoms with Crippen LogP contribution in [0.15, 0.2) is 42.5 Å². The van der Waals surface area contributed by atoms with Crippen LogP contribution in [0, 0.1) is 17.1 Å². The van der Waals surface area contributed by atoms with E-state index < -0.39 is 5.82 Å². The van der Waals surface area contributed by atoms with E-state index in [1.807, 2.05) is 0 Å². The molecule has 0 saturated carbocycles. The summed E-state index contributed by atoms with van der Waals surface area (Å²) >= 11 is 0. The summed E-state index contributed by atoms with van der Waals surface area (Å²) in [5, 5.41) is 14.3. The molecule has 2 N–H and O–H groups in total. The van der Waals surface area contributed by atoms with Gasteiger partial charge in [0.15, 0.2) is 0 Å². The molecule has 0 radical (unpaired) electrons. The smallest absolute Gasteiger partial charge is 0.221 e. The molecule has 5 nitrogen and oxygen atoms in total. The highest BCUT2D eigenvalue weighted by Crippen LogP contribution is 2.19. The van der Waals surface area contributed by atoms with Gasteiger partial charge in [-0.05, 0) is 48.9 Å². The number of halogens is 1. The Morgan fingerprint density at radius 3 is 2.67 bits per heavy atom. The van der Waals surface area contributed by atoms with Crippen LogP contribution >= 0.6 is 0 Å². The molecule has 0 aliphatic heterocycles. The Labute approximate surface area is 140 Å². The van der Waals surface area contributed by atoms with Gasteiger partial charge in [0.2, 0.25) is 5.91 Å². The first-order valence-electron chi connectivity index (χ1n) is 7.52. The number of amides is 1. The van der Waals surface area contributed by atoms with Gasteiger partial charge < -0.3 is 15.4 Å². The van der Waals surface area contributed by atoms with E-state index in [1.165, 1.54) is 13.0 Å². The number of anilines is 2. The number of hydrogen-bond donors (Lipinski definition) is 2. The molecule has 0 aromatic heterocycles. The summed E-state index contributed by atoms with van der Waals surface area (Å²) in [4.78, 5) is 11.0. The van der Waals surface area contributed by atoms with Crippen LogP contribution in [0.4, 0.5) is 15.8 Å². The fraction of sp³-hybridized carbons (Fsp3) is 0.222. The first-order chi connectivity index (χ1) is 11.6. The summed E-state index contributed by atoms with van der Waals surface area (Å²) in [7, 11) is 0. The average molecular weight is 327 g/mol. The third kappa shape index (κ3) is 5.29. The Balaban J connectivity index is 1.75. The number of nitrogens with zero attached hydrogens (tertiary/aromatic N) is 1. The molecule has 0 fully saturated rings. The van der Waals surface area contributed by atoms with Crippen LogP contribution in [0.5, 0.6) is 5.75 Å². The summed E-state index contributed by atoms with van der Waals surface area (Å²) < 4.78 is 19.1. The van der Waals surface area contributed by atoms with Crippen molar-refractivity contribution in [2.45, 2.75) is 13.3 Å². The third-order valence-corrected chi connectivity index (χ3v) is 3.18. The van der Waals surface area contributed by atoms with Crippen molar-refractivity contribution in [2.24, 2.45) is 0 Å². The number of rotatable bonds is 7. The van der Waals surface area contributed by atoms with Crippen molar-refractivity contribution in [2.75, 3.05) is 23.8 Å². The molecule has 0 heterocycles. The van der Waals surface area contributed by atoms with Gasteiger partial charge in [-0.1, -0.05) is 0 Å². The van der Waals surface area contributed by atoms with Crippen LogP contribution in [-0.4, -0.2) is 19.1 Å². The van der Waals surface area contributed by atoms with Crippen molar-refractivity contribution in [3.63, 3.8) is 0 Å². The van der Waals surface area contributed by atoms with Crippen molar-refractivity contribution in [3.8, 4) is 11.8 Å². The van der Waals surface area contributed by atoms with E-state index in [2.05, 4.69) is 16.7 Å². The van der Waals surface area contributed by atoms with E-state index in [1.54, 1.807) is 36.4 Å². The number of hydrogen-bond acceptors (Lipinski definition) is 4. The number of benzene rings is 2. The van der Waals surface area contributed by atoms with E-state index in [9.17, 15) is 9.18 Å². The summed E-state index contributed by atoms with van der Waals surface area (Å²) in [6, 6.07) is 13.4. The number of ether oxygens (including phenoxy) is 1. The standard InChI is InChI=1S/C18H18FN3O2/c1-13(23)22-18-11-15(5-8-17(18)19)21-9-2-10-24-16-6-3-14(12-20)4-7-16/h3-8,11,21H,2,9-10H2,1H3,(H,22,23). The Morgan fingerprint density at radius 2 is 2.00 bits per heavy atom. The van der Waals surface area contributed by atoms with Crippen LogP contribution in [0.25, 0.3) is 0 Å². The van der Waals surface area contributed by atoms with Gasteiger partial charge >= 0.3 is 0 Å². The van der Waals surface area contributed by atoms with Gasteiger partial charge in [-0.15, -0.1) is 0 Å². The van der Waals surface area contributed by atoms with Gasteiger partial charge in [0, 0.05) is 19.2 Å². The Kier molecular flexibility index (Phi) is 6.15. The molecular weight excluding hydrogens is 309 g/mol. The molecule has 2 aromatic rings. The van der Waals surface area contributed by atoms with Crippen molar-refractivity contribution in [3.05, 3.63) is 53.8 Å². The van der Waals surface area contributed by atoms with Crippen molar-refractivity contribution in [1.82, 2.24) is 0 Å². The lowest BCUT2D eigenvalue weighted by Gasteiger charge is -2.10. The second-order valence-electron chi connectivity index (χ2n) is 5.14. The first-order valence-corrected chi connectivity index (χ1v) is 7.52. The van der Waals surface area contributed by atoms with Crippen molar-refractivity contribution in [1.29, 1.82) is 5.26 Å². The van der Waals surface area contributed by atoms with E-state index in [0.717, 1.165) is 12.1 Å². The van der Waals surface area contributed by atoms with Crippen LogP contribution in [0.1, 0.15) is 18.9 Å².